The number of aromatic nitrogens is 3. The number of rotatable bonds is 3. The van der Waals surface area contributed by atoms with Gasteiger partial charge in [-0.2, -0.15) is 5.10 Å². The molecule has 0 unspecified atom stereocenters. The monoisotopic (exact) mass is 206 g/mol. The normalized spacial score (nSPS) is 10.3. The zero-order valence-electron chi connectivity index (χ0n) is 8.31. The SMILES string of the molecule is Cn1nccc1CNc1ccc(F)cn1. The molecule has 0 amide bonds. The topological polar surface area (TPSA) is 42.7 Å². The molecular formula is C10H11FN4. The van der Waals surface area contributed by atoms with Gasteiger partial charge in [0.25, 0.3) is 0 Å². The van der Waals surface area contributed by atoms with Gasteiger partial charge in [0, 0.05) is 13.2 Å². The van der Waals surface area contributed by atoms with Crippen LogP contribution < -0.4 is 5.32 Å². The molecule has 0 aliphatic heterocycles. The van der Waals surface area contributed by atoms with Gasteiger partial charge in [0.15, 0.2) is 0 Å². The molecule has 1 N–H and O–H groups in total. The minimum Gasteiger partial charge on any atom is -0.364 e. The Morgan fingerprint density at radius 3 is 2.87 bits per heavy atom. The van der Waals surface area contributed by atoms with Crippen LogP contribution in [0.1, 0.15) is 5.69 Å². The van der Waals surface area contributed by atoms with Gasteiger partial charge in [-0.3, -0.25) is 4.68 Å². The van der Waals surface area contributed by atoms with E-state index in [1.807, 2.05) is 13.1 Å². The molecule has 0 atom stereocenters. The molecule has 0 bridgehead atoms. The van der Waals surface area contributed by atoms with Crippen LogP contribution in [-0.2, 0) is 13.6 Å². The zero-order valence-corrected chi connectivity index (χ0v) is 8.31. The number of aryl methyl sites for hydroxylation is 1. The minimum atomic E-state index is -0.332. The minimum absolute atomic E-state index is 0.332. The third-order valence-electron chi connectivity index (χ3n) is 2.10. The van der Waals surface area contributed by atoms with Crippen molar-refractivity contribution in [2.75, 3.05) is 5.32 Å². The fraction of sp³-hybridized carbons (Fsp3) is 0.200. The molecule has 0 fully saturated rings. The molecule has 0 saturated heterocycles. The molecule has 0 aliphatic rings. The molecule has 2 rings (SSSR count). The first kappa shape index (κ1) is 9.64. The average molecular weight is 206 g/mol. The van der Waals surface area contributed by atoms with E-state index in [0.717, 1.165) is 5.69 Å². The molecule has 0 spiro atoms. The highest BCUT2D eigenvalue weighted by Crippen LogP contribution is 2.05. The number of hydrogen-bond acceptors (Lipinski definition) is 3. The molecule has 0 radical (unpaired) electrons. The van der Waals surface area contributed by atoms with Crippen molar-refractivity contribution in [2.45, 2.75) is 6.54 Å². The second kappa shape index (κ2) is 4.08. The fourth-order valence-corrected chi connectivity index (χ4v) is 1.24. The Balaban J connectivity index is 1.99. The lowest BCUT2D eigenvalue weighted by atomic mass is 10.4. The summed E-state index contributed by atoms with van der Waals surface area (Å²) in [7, 11) is 1.87. The van der Waals surface area contributed by atoms with Crippen molar-refractivity contribution in [1.82, 2.24) is 14.8 Å². The van der Waals surface area contributed by atoms with Crippen LogP contribution in [0, 0.1) is 5.82 Å². The van der Waals surface area contributed by atoms with Crippen LogP contribution in [0.2, 0.25) is 0 Å². The maximum Gasteiger partial charge on any atom is 0.141 e. The Hall–Kier alpha value is -1.91. The average Bonchev–Trinajstić information content (AvgIpc) is 2.63. The van der Waals surface area contributed by atoms with E-state index in [4.69, 9.17) is 0 Å². The number of anilines is 1. The molecule has 2 aromatic rings. The first-order valence-electron chi connectivity index (χ1n) is 4.58. The number of halogens is 1. The van der Waals surface area contributed by atoms with E-state index >= 15 is 0 Å². The Bertz CT molecular complexity index is 435. The van der Waals surface area contributed by atoms with E-state index in [0.29, 0.717) is 12.4 Å². The molecule has 0 aromatic carbocycles. The summed E-state index contributed by atoms with van der Waals surface area (Å²) < 4.78 is 14.3. The summed E-state index contributed by atoms with van der Waals surface area (Å²) in [5.74, 6) is 0.318. The third-order valence-corrected chi connectivity index (χ3v) is 2.10. The third kappa shape index (κ3) is 2.31. The van der Waals surface area contributed by atoms with E-state index in [9.17, 15) is 4.39 Å². The summed E-state index contributed by atoms with van der Waals surface area (Å²) in [6, 6.07) is 4.89. The molecule has 78 valence electrons. The number of nitrogens with one attached hydrogen (secondary N) is 1. The Kier molecular flexibility index (Phi) is 2.62. The van der Waals surface area contributed by atoms with Gasteiger partial charge in [-0.1, -0.05) is 0 Å². The quantitative estimate of drug-likeness (QED) is 0.828. The van der Waals surface area contributed by atoms with Crippen LogP contribution in [0.25, 0.3) is 0 Å². The molecule has 5 heteroatoms. The molecule has 2 heterocycles. The van der Waals surface area contributed by atoms with Gasteiger partial charge in [0.1, 0.15) is 11.6 Å². The van der Waals surface area contributed by atoms with Crippen molar-refractivity contribution in [3.8, 4) is 0 Å². The predicted molar refractivity (Wildman–Crippen MR) is 54.7 cm³/mol. The summed E-state index contributed by atoms with van der Waals surface area (Å²) in [5.41, 5.74) is 1.04. The van der Waals surface area contributed by atoms with E-state index < -0.39 is 0 Å². The molecule has 0 saturated carbocycles. The highest BCUT2D eigenvalue weighted by atomic mass is 19.1. The van der Waals surface area contributed by atoms with Crippen LogP contribution in [0.5, 0.6) is 0 Å². The lowest BCUT2D eigenvalue weighted by Gasteiger charge is -2.05. The van der Waals surface area contributed by atoms with E-state index in [2.05, 4.69) is 15.4 Å². The van der Waals surface area contributed by atoms with Crippen molar-refractivity contribution < 1.29 is 4.39 Å². The smallest absolute Gasteiger partial charge is 0.141 e. The van der Waals surface area contributed by atoms with Crippen LogP contribution in [-0.4, -0.2) is 14.8 Å². The highest BCUT2D eigenvalue weighted by Gasteiger charge is 1.99. The van der Waals surface area contributed by atoms with E-state index in [1.54, 1.807) is 16.9 Å². The largest absolute Gasteiger partial charge is 0.364 e. The number of hydrogen-bond donors (Lipinski definition) is 1. The predicted octanol–water partition coefficient (Wildman–Crippen LogP) is 1.57. The first-order valence-corrected chi connectivity index (χ1v) is 4.58. The molecule has 2 aromatic heterocycles. The Morgan fingerprint density at radius 2 is 2.27 bits per heavy atom. The van der Waals surface area contributed by atoms with Crippen LogP contribution >= 0.6 is 0 Å². The maximum atomic E-state index is 12.6. The maximum absolute atomic E-state index is 12.6. The van der Waals surface area contributed by atoms with Gasteiger partial charge in [0.2, 0.25) is 0 Å². The number of pyridine rings is 1. The summed E-state index contributed by atoms with van der Waals surface area (Å²) >= 11 is 0. The van der Waals surface area contributed by atoms with Crippen molar-refractivity contribution in [3.63, 3.8) is 0 Å². The van der Waals surface area contributed by atoms with Crippen molar-refractivity contribution in [1.29, 1.82) is 0 Å². The lowest BCUT2D eigenvalue weighted by Crippen LogP contribution is -2.06. The van der Waals surface area contributed by atoms with Crippen LogP contribution in [0.3, 0.4) is 0 Å². The molecule has 4 nitrogen and oxygen atoms in total. The van der Waals surface area contributed by atoms with Gasteiger partial charge >= 0.3 is 0 Å². The highest BCUT2D eigenvalue weighted by molar-refractivity contribution is 5.34. The Labute approximate surface area is 86.8 Å². The summed E-state index contributed by atoms with van der Waals surface area (Å²) in [4.78, 5) is 3.89. The van der Waals surface area contributed by atoms with Gasteiger partial charge in [-0.15, -0.1) is 0 Å². The van der Waals surface area contributed by atoms with Gasteiger partial charge in [-0.25, -0.2) is 9.37 Å². The van der Waals surface area contributed by atoms with E-state index in [-0.39, 0.29) is 5.82 Å². The van der Waals surface area contributed by atoms with E-state index in [1.165, 1.54) is 12.3 Å². The van der Waals surface area contributed by atoms with Gasteiger partial charge in [-0.05, 0) is 18.2 Å². The van der Waals surface area contributed by atoms with Crippen molar-refractivity contribution >= 4 is 5.82 Å². The zero-order chi connectivity index (χ0) is 10.7. The molecular weight excluding hydrogens is 195 g/mol. The molecule has 0 aliphatic carbocycles. The second-order valence-corrected chi connectivity index (χ2v) is 3.16. The Morgan fingerprint density at radius 1 is 1.40 bits per heavy atom. The summed E-state index contributed by atoms with van der Waals surface area (Å²) in [5, 5.41) is 7.12. The second-order valence-electron chi connectivity index (χ2n) is 3.16. The van der Waals surface area contributed by atoms with Gasteiger partial charge in [0.05, 0.1) is 18.4 Å². The fourth-order valence-electron chi connectivity index (χ4n) is 1.24. The lowest BCUT2D eigenvalue weighted by molar-refractivity contribution is 0.621. The summed E-state index contributed by atoms with van der Waals surface area (Å²) in [6.07, 6.45) is 2.92. The standard InChI is InChI=1S/C10H11FN4/c1-15-9(4-5-14-15)7-13-10-3-2-8(11)6-12-10/h2-6H,7H2,1H3,(H,12,13). The first-order chi connectivity index (χ1) is 7.25. The van der Waals surface area contributed by atoms with Crippen molar-refractivity contribution in [2.24, 2.45) is 7.05 Å². The van der Waals surface area contributed by atoms with Gasteiger partial charge < -0.3 is 5.32 Å². The van der Waals surface area contributed by atoms with Crippen LogP contribution in [0.15, 0.2) is 30.6 Å². The number of nitrogens with zero attached hydrogens (tertiary/aromatic N) is 3. The summed E-state index contributed by atoms with van der Waals surface area (Å²) in [6.45, 7) is 0.620. The molecule has 15 heavy (non-hydrogen) atoms. The van der Waals surface area contributed by atoms with Crippen LogP contribution in [0.4, 0.5) is 10.2 Å². The van der Waals surface area contributed by atoms with Crippen molar-refractivity contribution in [3.05, 3.63) is 42.1 Å².